The lowest BCUT2D eigenvalue weighted by Crippen LogP contribution is -2.48. The summed E-state index contributed by atoms with van der Waals surface area (Å²) in [6.45, 7) is 9.74. The van der Waals surface area contributed by atoms with Gasteiger partial charge in [-0.1, -0.05) is 6.07 Å². The third-order valence-corrected chi connectivity index (χ3v) is 4.73. The van der Waals surface area contributed by atoms with Gasteiger partial charge in [-0.25, -0.2) is 0 Å². The highest BCUT2D eigenvalue weighted by molar-refractivity contribution is 14.0. The van der Waals surface area contributed by atoms with Gasteiger partial charge in [0.15, 0.2) is 17.5 Å². The minimum absolute atomic E-state index is 0. The average molecular weight is 520 g/mol. The zero-order valence-electron chi connectivity index (χ0n) is 17.3. The summed E-state index contributed by atoms with van der Waals surface area (Å²) < 4.78 is 16.1. The van der Waals surface area contributed by atoms with Crippen molar-refractivity contribution in [3.8, 4) is 11.5 Å². The van der Waals surface area contributed by atoms with Gasteiger partial charge in [-0.3, -0.25) is 9.89 Å². The van der Waals surface area contributed by atoms with Crippen LogP contribution < -0.4 is 20.1 Å². The molecule has 1 saturated heterocycles. The molecule has 1 unspecified atom stereocenters. The summed E-state index contributed by atoms with van der Waals surface area (Å²) in [6.07, 6.45) is 0.839. The number of β-amino-alcohol motifs (C(OH)–C–C–N with tert-alkyl or cyclic N) is 1. The molecule has 1 atom stereocenters. The van der Waals surface area contributed by atoms with Crippen LogP contribution in [0.25, 0.3) is 0 Å². The molecule has 3 N–H and O–H groups in total. The van der Waals surface area contributed by atoms with E-state index in [0.29, 0.717) is 25.8 Å². The first-order chi connectivity index (χ1) is 13.6. The fourth-order valence-electron chi connectivity index (χ4n) is 3.30. The first-order valence-electron chi connectivity index (χ1n) is 9.99. The minimum atomic E-state index is -0.878. The van der Waals surface area contributed by atoms with Crippen LogP contribution in [-0.4, -0.2) is 80.8 Å². The first-order valence-corrected chi connectivity index (χ1v) is 9.99. The summed E-state index contributed by atoms with van der Waals surface area (Å²) in [7, 11) is 0. The number of rotatable bonds is 8. The zero-order chi connectivity index (χ0) is 19.8. The Kier molecular flexibility index (Phi) is 9.73. The van der Waals surface area contributed by atoms with Crippen molar-refractivity contribution in [3.05, 3.63) is 23.8 Å². The lowest BCUT2D eigenvalue weighted by molar-refractivity contribution is -0.0179. The maximum Gasteiger partial charge on any atom is 0.231 e. The number of hydrogen-bond acceptors (Lipinski definition) is 6. The van der Waals surface area contributed by atoms with Crippen LogP contribution in [0.5, 0.6) is 11.5 Å². The summed E-state index contributed by atoms with van der Waals surface area (Å²) >= 11 is 0. The Balaban J connectivity index is 0.00000300. The highest BCUT2D eigenvalue weighted by Crippen LogP contribution is 2.32. The van der Waals surface area contributed by atoms with E-state index in [-0.39, 0.29) is 24.0 Å². The van der Waals surface area contributed by atoms with Gasteiger partial charge in [0.2, 0.25) is 6.79 Å². The lowest BCUT2D eigenvalue weighted by atomic mass is 10.1. The van der Waals surface area contributed by atoms with Crippen LogP contribution in [0, 0.1) is 0 Å². The van der Waals surface area contributed by atoms with E-state index >= 15 is 0 Å². The van der Waals surface area contributed by atoms with E-state index in [0.717, 1.165) is 57.3 Å². The fourth-order valence-corrected chi connectivity index (χ4v) is 3.30. The monoisotopic (exact) mass is 520 g/mol. The Labute approximate surface area is 190 Å². The predicted octanol–water partition coefficient (Wildman–Crippen LogP) is 1.21. The van der Waals surface area contributed by atoms with E-state index < -0.39 is 5.60 Å². The van der Waals surface area contributed by atoms with Gasteiger partial charge >= 0.3 is 0 Å². The van der Waals surface area contributed by atoms with Crippen LogP contribution in [0.4, 0.5) is 0 Å². The molecule has 1 aromatic carbocycles. The molecule has 2 heterocycles. The van der Waals surface area contributed by atoms with Gasteiger partial charge < -0.3 is 30.0 Å². The summed E-state index contributed by atoms with van der Waals surface area (Å²) in [5, 5.41) is 17.3. The summed E-state index contributed by atoms with van der Waals surface area (Å²) in [6, 6.07) is 6.01. The molecule has 8 nitrogen and oxygen atoms in total. The molecule has 0 aliphatic carbocycles. The predicted molar refractivity (Wildman–Crippen MR) is 124 cm³/mol. The van der Waals surface area contributed by atoms with Gasteiger partial charge in [0.1, 0.15) is 0 Å². The molecule has 9 heteroatoms. The minimum Gasteiger partial charge on any atom is -0.454 e. The second-order valence-corrected chi connectivity index (χ2v) is 7.45. The fraction of sp³-hybridized carbons (Fsp3) is 0.650. The Morgan fingerprint density at radius 2 is 1.97 bits per heavy atom. The van der Waals surface area contributed by atoms with Crippen LogP contribution in [0.2, 0.25) is 0 Å². The van der Waals surface area contributed by atoms with E-state index in [4.69, 9.17) is 14.2 Å². The molecule has 0 radical (unpaired) electrons. The van der Waals surface area contributed by atoms with Crippen LogP contribution in [0.1, 0.15) is 19.4 Å². The second-order valence-electron chi connectivity index (χ2n) is 7.45. The van der Waals surface area contributed by atoms with E-state index in [1.54, 1.807) is 0 Å². The molecule has 0 amide bonds. The summed E-state index contributed by atoms with van der Waals surface area (Å²) in [5.74, 6) is 2.32. The average Bonchev–Trinajstić information content (AvgIpc) is 3.14. The maximum atomic E-state index is 10.7. The highest BCUT2D eigenvalue weighted by Gasteiger charge is 2.25. The molecule has 3 rings (SSSR count). The maximum absolute atomic E-state index is 10.7. The van der Waals surface area contributed by atoms with E-state index in [2.05, 4.69) is 20.5 Å². The number of nitrogens with zero attached hydrogens (tertiary/aromatic N) is 2. The van der Waals surface area contributed by atoms with Crippen LogP contribution in [-0.2, 0) is 11.2 Å². The van der Waals surface area contributed by atoms with Crippen molar-refractivity contribution in [3.63, 3.8) is 0 Å². The molecule has 2 aliphatic rings. The normalized spacial score (nSPS) is 18.7. The van der Waals surface area contributed by atoms with Crippen molar-refractivity contribution in [1.29, 1.82) is 0 Å². The molecule has 2 aliphatic heterocycles. The Bertz CT molecular complexity index is 666. The lowest BCUT2D eigenvalue weighted by Gasteiger charge is -2.33. The van der Waals surface area contributed by atoms with E-state index in [1.165, 1.54) is 5.56 Å². The highest BCUT2D eigenvalue weighted by atomic mass is 127. The quantitative estimate of drug-likeness (QED) is 0.270. The van der Waals surface area contributed by atoms with Crippen molar-refractivity contribution < 1.29 is 19.3 Å². The van der Waals surface area contributed by atoms with Gasteiger partial charge in [0.25, 0.3) is 0 Å². The number of nitrogens with one attached hydrogen (secondary N) is 2. The number of morpholine rings is 1. The number of aliphatic hydroxyl groups is 1. The Morgan fingerprint density at radius 3 is 2.72 bits per heavy atom. The molecule has 0 saturated carbocycles. The van der Waals surface area contributed by atoms with Gasteiger partial charge in [0.05, 0.1) is 25.4 Å². The molecular weight excluding hydrogens is 487 g/mol. The number of fused-ring (bicyclic) bond motifs is 1. The number of aliphatic imine (C=N–C) groups is 1. The van der Waals surface area contributed by atoms with Crippen LogP contribution in [0.15, 0.2) is 23.2 Å². The third kappa shape index (κ3) is 7.80. The number of ether oxygens (including phenoxy) is 3. The molecule has 1 fully saturated rings. The van der Waals surface area contributed by atoms with E-state index in [1.807, 2.05) is 32.0 Å². The zero-order valence-corrected chi connectivity index (χ0v) is 19.6. The number of benzene rings is 1. The van der Waals surface area contributed by atoms with Gasteiger partial charge in [-0.2, -0.15) is 0 Å². The van der Waals surface area contributed by atoms with Crippen molar-refractivity contribution in [2.75, 3.05) is 59.3 Å². The number of guanidine groups is 1. The third-order valence-electron chi connectivity index (χ3n) is 4.73. The standard InChI is InChI=1S/C20H32N4O4.HI/c1-3-21-19(23-13-20(2,25)14-24-8-10-26-11-9-24)22-7-6-16-4-5-17-18(12-16)28-15-27-17;/h4-5,12,25H,3,6-11,13-15H2,1-2H3,(H2,21,22,23);1H. The Hall–Kier alpha value is -1.30. The first kappa shape index (κ1) is 24.0. The van der Waals surface area contributed by atoms with Gasteiger partial charge in [0, 0.05) is 32.7 Å². The molecule has 1 aromatic rings. The summed E-state index contributed by atoms with van der Waals surface area (Å²) in [5.41, 5.74) is 0.295. The molecule has 164 valence electrons. The van der Waals surface area contributed by atoms with Crippen molar-refractivity contribution in [2.45, 2.75) is 25.9 Å². The SMILES string of the molecule is CCNC(=NCC(C)(O)CN1CCOCC1)NCCc1ccc2c(c1)OCO2.I. The molecule has 0 bridgehead atoms. The van der Waals surface area contributed by atoms with Crippen LogP contribution in [0.3, 0.4) is 0 Å². The molecule has 0 spiro atoms. The number of halogens is 1. The molecule has 29 heavy (non-hydrogen) atoms. The molecule has 0 aromatic heterocycles. The Morgan fingerprint density at radius 1 is 1.21 bits per heavy atom. The second kappa shape index (κ2) is 11.8. The topological polar surface area (TPSA) is 87.6 Å². The number of hydrogen-bond donors (Lipinski definition) is 3. The van der Waals surface area contributed by atoms with Crippen molar-refractivity contribution in [2.24, 2.45) is 4.99 Å². The van der Waals surface area contributed by atoms with Gasteiger partial charge in [-0.05, 0) is 38.0 Å². The largest absolute Gasteiger partial charge is 0.454 e. The van der Waals surface area contributed by atoms with Crippen LogP contribution >= 0.6 is 24.0 Å². The summed E-state index contributed by atoms with van der Waals surface area (Å²) in [4.78, 5) is 6.80. The van der Waals surface area contributed by atoms with Crippen molar-refractivity contribution in [1.82, 2.24) is 15.5 Å². The van der Waals surface area contributed by atoms with E-state index in [9.17, 15) is 5.11 Å². The molecular formula is C20H33IN4O4. The van der Waals surface area contributed by atoms with Crippen molar-refractivity contribution >= 4 is 29.9 Å². The van der Waals surface area contributed by atoms with Gasteiger partial charge in [-0.15, -0.1) is 24.0 Å². The smallest absolute Gasteiger partial charge is 0.231 e.